The SMILES string of the molecule is CN(CCOCC1CC1)C(CN)c1ccc(F)c(F)c1. The molecule has 0 saturated heterocycles. The van der Waals surface area contributed by atoms with Crippen molar-refractivity contribution >= 4 is 0 Å². The maximum Gasteiger partial charge on any atom is 0.159 e. The minimum Gasteiger partial charge on any atom is -0.380 e. The molecular formula is C15H22F2N2O. The maximum absolute atomic E-state index is 13.3. The van der Waals surface area contributed by atoms with Crippen LogP contribution in [0.4, 0.5) is 8.78 Å². The minimum absolute atomic E-state index is 0.130. The number of benzene rings is 1. The average Bonchev–Trinajstić information content (AvgIpc) is 3.24. The van der Waals surface area contributed by atoms with E-state index in [-0.39, 0.29) is 6.04 Å². The van der Waals surface area contributed by atoms with Crippen molar-refractivity contribution in [1.29, 1.82) is 0 Å². The van der Waals surface area contributed by atoms with Gasteiger partial charge < -0.3 is 10.5 Å². The Morgan fingerprint density at radius 2 is 2.10 bits per heavy atom. The van der Waals surface area contributed by atoms with E-state index in [4.69, 9.17) is 10.5 Å². The zero-order valence-corrected chi connectivity index (χ0v) is 11.8. The highest BCUT2D eigenvalue weighted by Gasteiger charge is 2.21. The van der Waals surface area contributed by atoms with E-state index in [1.165, 1.54) is 18.9 Å². The average molecular weight is 284 g/mol. The Hall–Kier alpha value is -1.04. The van der Waals surface area contributed by atoms with Gasteiger partial charge in [-0.15, -0.1) is 0 Å². The van der Waals surface area contributed by atoms with Gasteiger partial charge in [0, 0.05) is 25.7 Å². The molecule has 0 aromatic heterocycles. The van der Waals surface area contributed by atoms with Crippen molar-refractivity contribution in [3.05, 3.63) is 35.4 Å². The van der Waals surface area contributed by atoms with Crippen LogP contribution >= 0.6 is 0 Å². The second-order valence-electron chi connectivity index (χ2n) is 5.42. The lowest BCUT2D eigenvalue weighted by Crippen LogP contribution is -2.33. The molecule has 0 amide bonds. The summed E-state index contributed by atoms with van der Waals surface area (Å²) < 4.78 is 31.8. The van der Waals surface area contributed by atoms with Crippen LogP contribution < -0.4 is 5.73 Å². The normalized spacial score (nSPS) is 16.6. The van der Waals surface area contributed by atoms with Gasteiger partial charge in [-0.05, 0) is 43.5 Å². The zero-order chi connectivity index (χ0) is 14.5. The van der Waals surface area contributed by atoms with Crippen LogP contribution in [-0.2, 0) is 4.74 Å². The van der Waals surface area contributed by atoms with Crippen LogP contribution in [-0.4, -0.2) is 38.3 Å². The first-order valence-electron chi connectivity index (χ1n) is 7.04. The van der Waals surface area contributed by atoms with Crippen LogP contribution in [0.2, 0.25) is 0 Å². The Morgan fingerprint density at radius 1 is 1.35 bits per heavy atom. The third-order valence-electron chi connectivity index (χ3n) is 3.72. The van der Waals surface area contributed by atoms with E-state index in [0.717, 1.165) is 18.6 Å². The molecule has 0 radical (unpaired) electrons. The third kappa shape index (κ3) is 4.23. The number of halogens is 2. The molecule has 0 bridgehead atoms. The van der Waals surface area contributed by atoms with Crippen molar-refractivity contribution in [3.63, 3.8) is 0 Å². The number of nitrogens with zero attached hydrogens (tertiary/aromatic N) is 1. The van der Waals surface area contributed by atoms with Crippen molar-refractivity contribution in [2.75, 3.05) is 33.4 Å². The fraction of sp³-hybridized carbons (Fsp3) is 0.600. The molecule has 20 heavy (non-hydrogen) atoms. The standard InChI is InChI=1S/C15H22F2N2O/c1-19(6-7-20-10-11-2-3-11)15(9-18)12-4-5-13(16)14(17)8-12/h4-5,8,11,15H,2-3,6-7,9-10,18H2,1H3. The predicted molar refractivity (Wildman–Crippen MR) is 74.3 cm³/mol. The molecule has 2 N–H and O–H groups in total. The predicted octanol–water partition coefficient (Wildman–Crippen LogP) is 2.32. The maximum atomic E-state index is 13.3. The fourth-order valence-corrected chi connectivity index (χ4v) is 2.19. The number of hydrogen-bond acceptors (Lipinski definition) is 3. The van der Waals surface area contributed by atoms with Gasteiger partial charge >= 0.3 is 0 Å². The van der Waals surface area contributed by atoms with Crippen LogP contribution in [0.3, 0.4) is 0 Å². The van der Waals surface area contributed by atoms with E-state index in [9.17, 15) is 8.78 Å². The molecular weight excluding hydrogens is 262 g/mol. The summed E-state index contributed by atoms with van der Waals surface area (Å²) in [4.78, 5) is 2.01. The Kier molecular flexibility index (Phi) is 5.46. The van der Waals surface area contributed by atoms with Crippen molar-refractivity contribution in [3.8, 4) is 0 Å². The van der Waals surface area contributed by atoms with Crippen molar-refractivity contribution in [1.82, 2.24) is 4.90 Å². The summed E-state index contributed by atoms with van der Waals surface area (Å²) in [6.07, 6.45) is 2.55. The lowest BCUT2D eigenvalue weighted by Gasteiger charge is -2.27. The molecule has 1 saturated carbocycles. The van der Waals surface area contributed by atoms with Gasteiger partial charge in [-0.1, -0.05) is 6.07 Å². The Morgan fingerprint density at radius 3 is 2.70 bits per heavy atom. The van der Waals surface area contributed by atoms with Crippen LogP contribution in [0.25, 0.3) is 0 Å². The number of hydrogen-bond donors (Lipinski definition) is 1. The largest absolute Gasteiger partial charge is 0.380 e. The van der Waals surface area contributed by atoms with Crippen LogP contribution in [0, 0.1) is 17.6 Å². The second kappa shape index (κ2) is 7.11. The van der Waals surface area contributed by atoms with Crippen LogP contribution in [0.1, 0.15) is 24.4 Å². The molecule has 1 fully saturated rings. The summed E-state index contributed by atoms with van der Waals surface area (Å²) in [5, 5.41) is 0. The first-order chi connectivity index (χ1) is 9.61. The van der Waals surface area contributed by atoms with Crippen molar-refractivity contribution < 1.29 is 13.5 Å². The van der Waals surface area contributed by atoms with E-state index in [0.29, 0.717) is 25.3 Å². The van der Waals surface area contributed by atoms with Gasteiger partial charge in [-0.25, -0.2) is 8.78 Å². The molecule has 3 nitrogen and oxygen atoms in total. The molecule has 2 rings (SSSR count). The van der Waals surface area contributed by atoms with E-state index >= 15 is 0 Å². The topological polar surface area (TPSA) is 38.5 Å². The van der Waals surface area contributed by atoms with E-state index in [1.807, 2.05) is 11.9 Å². The van der Waals surface area contributed by atoms with Gasteiger partial charge in [0.1, 0.15) is 0 Å². The molecule has 1 aromatic carbocycles. The number of ether oxygens (including phenoxy) is 1. The van der Waals surface area contributed by atoms with Gasteiger partial charge in [-0.2, -0.15) is 0 Å². The molecule has 0 heterocycles. The Bertz CT molecular complexity index is 438. The second-order valence-corrected chi connectivity index (χ2v) is 5.42. The minimum atomic E-state index is -0.834. The van der Waals surface area contributed by atoms with E-state index in [1.54, 1.807) is 6.07 Å². The van der Waals surface area contributed by atoms with Crippen molar-refractivity contribution in [2.24, 2.45) is 11.7 Å². The quantitative estimate of drug-likeness (QED) is 0.745. The highest BCUT2D eigenvalue weighted by atomic mass is 19.2. The van der Waals surface area contributed by atoms with E-state index in [2.05, 4.69) is 0 Å². The van der Waals surface area contributed by atoms with Gasteiger partial charge in [0.15, 0.2) is 11.6 Å². The number of rotatable bonds is 8. The highest BCUT2D eigenvalue weighted by molar-refractivity contribution is 5.21. The molecule has 0 spiro atoms. The van der Waals surface area contributed by atoms with Crippen LogP contribution in [0.15, 0.2) is 18.2 Å². The summed E-state index contributed by atoms with van der Waals surface area (Å²) >= 11 is 0. The number of likely N-dealkylation sites (N-methyl/N-ethyl adjacent to an activating group) is 1. The summed E-state index contributed by atoms with van der Waals surface area (Å²) in [6, 6.07) is 3.81. The molecule has 1 aliphatic rings. The van der Waals surface area contributed by atoms with Crippen LogP contribution in [0.5, 0.6) is 0 Å². The third-order valence-corrected chi connectivity index (χ3v) is 3.72. The molecule has 112 valence electrons. The number of nitrogens with two attached hydrogens (primary N) is 1. The van der Waals surface area contributed by atoms with E-state index < -0.39 is 11.6 Å². The smallest absolute Gasteiger partial charge is 0.159 e. The molecule has 1 aromatic rings. The highest BCUT2D eigenvalue weighted by Crippen LogP contribution is 2.28. The lowest BCUT2D eigenvalue weighted by molar-refractivity contribution is 0.0922. The van der Waals surface area contributed by atoms with Gasteiger partial charge in [0.2, 0.25) is 0 Å². The zero-order valence-electron chi connectivity index (χ0n) is 11.8. The monoisotopic (exact) mass is 284 g/mol. The summed E-state index contributed by atoms with van der Waals surface area (Å²) in [6.45, 7) is 2.53. The Balaban J connectivity index is 1.86. The molecule has 1 aliphatic carbocycles. The first-order valence-corrected chi connectivity index (χ1v) is 7.04. The van der Waals surface area contributed by atoms with Gasteiger partial charge in [-0.3, -0.25) is 4.90 Å². The summed E-state index contributed by atoms with van der Waals surface area (Å²) in [7, 11) is 1.92. The molecule has 5 heteroatoms. The van der Waals surface area contributed by atoms with Gasteiger partial charge in [0.05, 0.1) is 6.61 Å². The molecule has 0 aliphatic heterocycles. The molecule has 1 atom stereocenters. The molecule has 1 unspecified atom stereocenters. The summed E-state index contributed by atoms with van der Waals surface area (Å²) in [5.41, 5.74) is 6.45. The van der Waals surface area contributed by atoms with Crippen molar-refractivity contribution in [2.45, 2.75) is 18.9 Å². The fourth-order valence-electron chi connectivity index (χ4n) is 2.19. The van der Waals surface area contributed by atoms with Gasteiger partial charge in [0.25, 0.3) is 0 Å². The Labute approximate surface area is 118 Å². The first kappa shape index (κ1) is 15.4. The lowest BCUT2D eigenvalue weighted by atomic mass is 10.1. The summed E-state index contributed by atoms with van der Waals surface area (Å²) in [5.74, 6) is -0.920.